The Bertz CT molecular complexity index is 770. The largest absolute Gasteiger partial charge is 0.490 e. The lowest BCUT2D eigenvalue weighted by Gasteiger charge is -2.11. The van der Waals surface area contributed by atoms with Crippen molar-refractivity contribution >= 4 is 28.5 Å². The van der Waals surface area contributed by atoms with Crippen LogP contribution in [0.1, 0.15) is 57.0 Å². The maximum absolute atomic E-state index is 12.2. The molecule has 146 valence electrons. The van der Waals surface area contributed by atoms with E-state index in [9.17, 15) is 4.79 Å². The summed E-state index contributed by atoms with van der Waals surface area (Å²) in [6, 6.07) is 5.58. The molecular formula is C20H27N3O3S. The zero-order chi connectivity index (χ0) is 19.6. The average molecular weight is 390 g/mol. The van der Waals surface area contributed by atoms with E-state index >= 15 is 0 Å². The summed E-state index contributed by atoms with van der Waals surface area (Å²) in [5.41, 5.74) is 0.854. The van der Waals surface area contributed by atoms with Crippen LogP contribution in [-0.2, 0) is 4.79 Å². The van der Waals surface area contributed by atoms with Crippen LogP contribution in [0.3, 0.4) is 0 Å². The molecule has 1 aromatic carbocycles. The molecule has 0 atom stereocenters. The summed E-state index contributed by atoms with van der Waals surface area (Å²) in [4.78, 5) is 12.2. The van der Waals surface area contributed by atoms with Gasteiger partial charge in [-0.2, -0.15) is 0 Å². The molecule has 0 bridgehead atoms. The van der Waals surface area contributed by atoms with E-state index in [1.54, 1.807) is 6.08 Å². The summed E-state index contributed by atoms with van der Waals surface area (Å²) in [5, 5.41) is 12.5. The Hall–Kier alpha value is -2.41. The zero-order valence-electron chi connectivity index (χ0n) is 16.3. The fourth-order valence-electron chi connectivity index (χ4n) is 2.58. The molecule has 1 N–H and O–H groups in total. The highest BCUT2D eigenvalue weighted by atomic mass is 32.1. The van der Waals surface area contributed by atoms with Crippen LogP contribution in [-0.4, -0.2) is 29.3 Å². The lowest BCUT2D eigenvalue weighted by Crippen LogP contribution is -2.07. The maximum atomic E-state index is 12.2. The SMILES string of the molecule is CCOc1ccc(/C=C/C(=O)Nc2nnc(C(CC)CC)s2)cc1OCC. The van der Waals surface area contributed by atoms with Crippen molar-refractivity contribution in [3.63, 3.8) is 0 Å². The van der Waals surface area contributed by atoms with Crippen LogP contribution < -0.4 is 14.8 Å². The predicted octanol–water partition coefficient (Wildman–Crippen LogP) is 4.89. The van der Waals surface area contributed by atoms with Gasteiger partial charge in [-0.3, -0.25) is 10.1 Å². The van der Waals surface area contributed by atoms with Gasteiger partial charge in [0.15, 0.2) is 11.5 Å². The molecule has 0 aliphatic carbocycles. The minimum atomic E-state index is -0.242. The fraction of sp³-hybridized carbons (Fsp3) is 0.450. The average Bonchev–Trinajstić information content (AvgIpc) is 3.11. The van der Waals surface area contributed by atoms with Crippen LogP contribution in [0.2, 0.25) is 0 Å². The molecule has 1 heterocycles. The molecule has 7 heteroatoms. The van der Waals surface area contributed by atoms with Crippen molar-refractivity contribution < 1.29 is 14.3 Å². The molecule has 0 radical (unpaired) electrons. The second-order valence-electron chi connectivity index (χ2n) is 5.85. The van der Waals surface area contributed by atoms with Crippen molar-refractivity contribution in [2.45, 2.75) is 46.5 Å². The number of anilines is 1. The molecule has 0 fully saturated rings. The van der Waals surface area contributed by atoms with Crippen molar-refractivity contribution in [1.82, 2.24) is 10.2 Å². The third-order valence-electron chi connectivity index (χ3n) is 4.00. The number of nitrogens with one attached hydrogen (secondary N) is 1. The van der Waals surface area contributed by atoms with E-state index < -0.39 is 0 Å². The second kappa shape index (κ2) is 10.7. The van der Waals surface area contributed by atoms with E-state index in [0.717, 1.165) is 23.4 Å². The molecule has 27 heavy (non-hydrogen) atoms. The Morgan fingerprint density at radius 3 is 2.48 bits per heavy atom. The molecule has 2 aromatic rings. The van der Waals surface area contributed by atoms with E-state index in [-0.39, 0.29) is 5.91 Å². The monoisotopic (exact) mass is 389 g/mol. The molecule has 0 saturated heterocycles. The van der Waals surface area contributed by atoms with Gasteiger partial charge in [0.1, 0.15) is 5.01 Å². The van der Waals surface area contributed by atoms with Gasteiger partial charge in [0.2, 0.25) is 11.0 Å². The fourth-order valence-corrected chi connectivity index (χ4v) is 3.59. The number of hydrogen-bond donors (Lipinski definition) is 1. The highest BCUT2D eigenvalue weighted by Gasteiger charge is 2.14. The van der Waals surface area contributed by atoms with Crippen LogP contribution in [0.25, 0.3) is 6.08 Å². The Labute approximate surface area is 164 Å². The van der Waals surface area contributed by atoms with Crippen LogP contribution in [0.5, 0.6) is 11.5 Å². The number of nitrogens with zero attached hydrogens (tertiary/aromatic N) is 2. The van der Waals surface area contributed by atoms with Gasteiger partial charge < -0.3 is 9.47 Å². The first kappa shape index (κ1) is 20.9. The number of aromatic nitrogens is 2. The summed E-state index contributed by atoms with van der Waals surface area (Å²) in [6.45, 7) is 9.22. The van der Waals surface area contributed by atoms with Crippen molar-refractivity contribution in [3.8, 4) is 11.5 Å². The summed E-state index contributed by atoms with van der Waals surface area (Å²) in [5.74, 6) is 1.52. The molecule has 0 aliphatic heterocycles. The number of carbonyl (C=O) groups excluding carboxylic acids is 1. The van der Waals surface area contributed by atoms with E-state index in [2.05, 4.69) is 29.4 Å². The van der Waals surface area contributed by atoms with Crippen molar-refractivity contribution in [3.05, 3.63) is 34.8 Å². The van der Waals surface area contributed by atoms with Gasteiger partial charge in [0.05, 0.1) is 13.2 Å². The van der Waals surface area contributed by atoms with Crippen molar-refractivity contribution in [2.75, 3.05) is 18.5 Å². The first-order valence-corrected chi connectivity index (χ1v) is 10.1. The van der Waals surface area contributed by atoms with Gasteiger partial charge in [0.25, 0.3) is 0 Å². The Balaban J connectivity index is 2.03. The third kappa shape index (κ3) is 6.06. The van der Waals surface area contributed by atoms with E-state index in [0.29, 0.717) is 35.8 Å². The van der Waals surface area contributed by atoms with Gasteiger partial charge in [-0.05, 0) is 50.5 Å². The topological polar surface area (TPSA) is 73.3 Å². The number of amides is 1. The summed E-state index contributed by atoms with van der Waals surface area (Å²) < 4.78 is 11.1. The quantitative estimate of drug-likeness (QED) is 0.586. The number of benzene rings is 1. The van der Waals surface area contributed by atoms with Crippen LogP contribution in [0, 0.1) is 0 Å². The minimum absolute atomic E-state index is 0.242. The van der Waals surface area contributed by atoms with Gasteiger partial charge in [-0.15, -0.1) is 10.2 Å². The van der Waals surface area contributed by atoms with E-state index in [4.69, 9.17) is 9.47 Å². The minimum Gasteiger partial charge on any atom is -0.490 e. The molecule has 0 saturated carbocycles. The Morgan fingerprint density at radius 1 is 1.11 bits per heavy atom. The first-order valence-electron chi connectivity index (χ1n) is 9.33. The number of rotatable bonds is 10. The molecule has 6 nitrogen and oxygen atoms in total. The highest BCUT2D eigenvalue weighted by molar-refractivity contribution is 7.15. The molecule has 2 rings (SSSR count). The molecular weight excluding hydrogens is 362 g/mol. The van der Waals surface area contributed by atoms with Crippen LogP contribution in [0.4, 0.5) is 5.13 Å². The third-order valence-corrected chi connectivity index (χ3v) is 5.00. The zero-order valence-corrected chi connectivity index (χ0v) is 17.1. The van der Waals surface area contributed by atoms with Gasteiger partial charge in [-0.1, -0.05) is 31.3 Å². The van der Waals surface area contributed by atoms with Gasteiger partial charge in [0, 0.05) is 12.0 Å². The number of hydrogen-bond acceptors (Lipinski definition) is 6. The predicted molar refractivity (Wildman–Crippen MR) is 110 cm³/mol. The first-order chi connectivity index (χ1) is 13.1. The van der Waals surface area contributed by atoms with E-state index in [1.807, 2.05) is 32.0 Å². The number of carbonyl (C=O) groups is 1. The van der Waals surface area contributed by atoms with Crippen LogP contribution >= 0.6 is 11.3 Å². The van der Waals surface area contributed by atoms with Crippen molar-refractivity contribution in [2.24, 2.45) is 0 Å². The maximum Gasteiger partial charge on any atom is 0.250 e. The second-order valence-corrected chi connectivity index (χ2v) is 6.86. The van der Waals surface area contributed by atoms with Crippen molar-refractivity contribution in [1.29, 1.82) is 0 Å². The smallest absolute Gasteiger partial charge is 0.250 e. The Kier molecular flexibility index (Phi) is 8.26. The van der Waals surface area contributed by atoms with Gasteiger partial charge in [-0.25, -0.2) is 0 Å². The normalized spacial score (nSPS) is 11.1. The molecule has 0 aliphatic rings. The summed E-state index contributed by atoms with van der Waals surface area (Å²) in [6.07, 6.45) is 5.23. The molecule has 1 aromatic heterocycles. The molecule has 1 amide bonds. The standard InChI is InChI=1S/C20H27N3O3S/c1-5-15(6-2)19-22-23-20(27-19)21-18(24)12-10-14-9-11-16(25-7-3)17(13-14)26-8-4/h9-13,15H,5-8H2,1-4H3,(H,21,23,24)/b12-10+. The Morgan fingerprint density at radius 2 is 1.81 bits per heavy atom. The lowest BCUT2D eigenvalue weighted by molar-refractivity contribution is -0.111. The number of ether oxygens (including phenoxy) is 2. The highest BCUT2D eigenvalue weighted by Crippen LogP contribution is 2.29. The summed E-state index contributed by atoms with van der Waals surface area (Å²) in [7, 11) is 0. The van der Waals surface area contributed by atoms with Crippen LogP contribution in [0.15, 0.2) is 24.3 Å². The molecule has 0 unspecified atom stereocenters. The molecule has 0 spiro atoms. The van der Waals surface area contributed by atoms with E-state index in [1.165, 1.54) is 17.4 Å². The lowest BCUT2D eigenvalue weighted by atomic mass is 10.1. The van der Waals surface area contributed by atoms with Gasteiger partial charge >= 0.3 is 0 Å². The summed E-state index contributed by atoms with van der Waals surface area (Å²) >= 11 is 1.43.